The van der Waals surface area contributed by atoms with E-state index in [0.29, 0.717) is 12.3 Å². The molecule has 0 aromatic heterocycles. The predicted octanol–water partition coefficient (Wildman–Crippen LogP) is 1.83. The van der Waals surface area contributed by atoms with Gasteiger partial charge in [0.05, 0.1) is 13.0 Å². The summed E-state index contributed by atoms with van der Waals surface area (Å²) in [5.74, 6) is -0.535. The number of carboxylic acids is 1. The lowest BCUT2D eigenvalue weighted by atomic mass is 9.79. The van der Waals surface area contributed by atoms with Crippen LogP contribution < -0.4 is 0 Å². The van der Waals surface area contributed by atoms with Crippen LogP contribution >= 0.6 is 0 Å². The van der Waals surface area contributed by atoms with Crippen LogP contribution in [0.4, 0.5) is 0 Å². The Balaban J connectivity index is 2.35. The number of hydrogen-bond acceptors (Lipinski definition) is 3. The zero-order valence-corrected chi connectivity index (χ0v) is 9.07. The Morgan fingerprint density at radius 3 is 2.73 bits per heavy atom. The number of rotatable bonds is 4. The summed E-state index contributed by atoms with van der Waals surface area (Å²) < 4.78 is 4.71. The summed E-state index contributed by atoms with van der Waals surface area (Å²) in [5.41, 5.74) is 0. The van der Waals surface area contributed by atoms with Gasteiger partial charge in [0.2, 0.25) is 0 Å². The van der Waals surface area contributed by atoms with Crippen molar-refractivity contribution in [2.24, 2.45) is 11.8 Å². The Hall–Kier alpha value is -1.06. The lowest BCUT2D eigenvalue weighted by molar-refractivity contribution is -0.147. The molecule has 2 unspecified atom stereocenters. The third-order valence-electron chi connectivity index (χ3n) is 3.08. The van der Waals surface area contributed by atoms with Crippen molar-refractivity contribution in [3.05, 3.63) is 0 Å². The lowest BCUT2D eigenvalue weighted by Gasteiger charge is -2.26. The number of hydrogen-bond donors (Lipinski definition) is 1. The van der Waals surface area contributed by atoms with E-state index in [1.54, 1.807) is 0 Å². The Morgan fingerprint density at radius 1 is 1.40 bits per heavy atom. The van der Waals surface area contributed by atoms with Gasteiger partial charge in [-0.1, -0.05) is 12.8 Å². The van der Waals surface area contributed by atoms with Crippen molar-refractivity contribution in [2.45, 2.75) is 38.5 Å². The molecule has 1 N–H and O–H groups in total. The van der Waals surface area contributed by atoms with Crippen LogP contribution in [0.15, 0.2) is 0 Å². The summed E-state index contributed by atoms with van der Waals surface area (Å²) in [6, 6.07) is 0. The second-order valence-electron chi connectivity index (χ2n) is 4.19. The zero-order valence-electron chi connectivity index (χ0n) is 9.07. The number of carbonyl (C=O) groups is 2. The van der Waals surface area contributed by atoms with Crippen LogP contribution in [0.1, 0.15) is 38.5 Å². The van der Waals surface area contributed by atoms with E-state index in [0.717, 1.165) is 25.7 Å². The minimum atomic E-state index is -0.754. The highest BCUT2D eigenvalue weighted by molar-refractivity contribution is 5.72. The Kier molecular flexibility index (Phi) is 4.59. The molecule has 0 aromatic rings. The van der Waals surface area contributed by atoms with E-state index in [9.17, 15) is 9.59 Å². The first-order valence-corrected chi connectivity index (χ1v) is 5.43. The van der Waals surface area contributed by atoms with Gasteiger partial charge in [0.1, 0.15) is 0 Å². The number of aliphatic carboxylic acids is 1. The van der Waals surface area contributed by atoms with Crippen molar-refractivity contribution in [3.8, 4) is 0 Å². The third-order valence-corrected chi connectivity index (χ3v) is 3.08. The number of carboxylic acid groups (broad SMARTS) is 1. The quantitative estimate of drug-likeness (QED) is 0.725. The summed E-state index contributed by atoms with van der Waals surface area (Å²) in [6.07, 6.45) is 4.61. The molecule has 0 bridgehead atoms. The first-order chi connectivity index (χ1) is 7.13. The third kappa shape index (κ3) is 3.90. The molecule has 1 rings (SSSR count). The molecule has 15 heavy (non-hydrogen) atoms. The van der Waals surface area contributed by atoms with E-state index < -0.39 is 5.97 Å². The van der Waals surface area contributed by atoms with E-state index in [2.05, 4.69) is 0 Å². The Bertz CT molecular complexity index is 237. The van der Waals surface area contributed by atoms with E-state index in [1.165, 1.54) is 7.11 Å². The zero-order chi connectivity index (χ0) is 11.3. The van der Waals surface area contributed by atoms with Crippen molar-refractivity contribution in [1.29, 1.82) is 0 Å². The molecule has 1 aliphatic rings. The molecule has 2 atom stereocenters. The highest BCUT2D eigenvalue weighted by Crippen LogP contribution is 2.32. The normalized spacial score (nSPS) is 25.9. The molecular weight excluding hydrogens is 196 g/mol. The second-order valence-corrected chi connectivity index (χ2v) is 4.19. The van der Waals surface area contributed by atoms with Gasteiger partial charge in [-0.15, -0.1) is 0 Å². The van der Waals surface area contributed by atoms with Crippen LogP contribution in [0.2, 0.25) is 0 Å². The molecule has 0 heterocycles. The van der Waals surface area contributed by atoms with Gasteiger partial charge in [-0.2, -0.15) is 0 Å². The fraction of sp³-hybridized carbons (Fsp3) is 0.818. The van der Waals surface area contributed by atoms with Crippen molar-refractivity contribution in [1.82, 2.24) is 0 Å². The van der Waals surface area contributed by atoms with Gasteiger partial charge >= 0.3 is 11.9 Å². The Labute approximate surface area is 89.6 Å². The lowest BCUT2D eigenvalue weighted by Crippen LogP contribution is -2.24. The standard InChI is InChI=1S/C11H18O4/c1-15-11(14)9-4-2-3-8(7-9)5-6-10(12)13/h8-9H,2-7H2,1H3,(H,12,13). The number of methoxy groups -OCH3 is 1. The van der Waals surface area contributed by atoms with Crippen molar-refractivity contribution < 1.29 is 19.4 Å². The van der Waals surface area contributed by atoms with Crippen LogP contribution in [-0.2, 0) is 14.3 Å². The van der Waals surface area contributed by atoms with Gasteiger partial charge in [0.15, 0.2) is 0 Å². The SMILES string of the molecule is COC(=O)C1CCCC(CCC(=O)O)C1. The van der Waals surface area contributed by atoms with E-state index in [-0.39, 0.29) is 18.3 Å². The summed E-state index contributed by atoms with van der Waals surface area (Å²) in [6.45, 7) is 0. The monoisotopic (exact) mass is 214 g/mol. The maximum Gasteiger partial charge on any atom is 0.308 e. The highest BCUT2D eigenvalue weighted by Gasteiger charge is 2.27. The molecule has 1 fully saturated rings. The minimum absolute atomic E-state index is 0.0115. The van der Waals surface area contributed by atoms with Gasteiger partial charge in [0, 0.05) is 6.42 Å². The molecule has 0 spiro atoms. The maximum absolute atomic E-state index is 11.3. The molecule has 4 nitrogen and oxygen atoms in total. The summed E-state index contributed by atoms with van der Waals surface area (Å²) in [5, 5.41) is 8.57. The molecule has 86 valence electrons. The van der Waals surface area contributed by atoms with E-state index in [4.69, 9.17) is 9.84 Å². The average molecular weight is 214 g/mol. The smallest absolute Gasteiger partial charge is 0.308 e. The average Bonchev–Trinajstić information content (AvgIpc) is 2.25. The molecular formula is C11H18O4. The first kappa shape index (κ1) is 12.0. The minimum Gasteiger partial charge on any atom is -0.481 e. The highest BCUT2D eigenvalue weighted by atomic mass is 16.5. The fourth-order valence-corrected chi connectivity index (χ4v) is 2.26. The van der Waals surface area contributed by atoms with Crippen LogP contribution in [0.5, 0.6) is 0 Å². The van der Waals surface area contributed by atoms with Crippen LogP contribution in [0, 0.1) is 11.8 Å². The van der Waals surface area contributed by atoms with Crippen LogP contribution in [0.3, 0.4) is 0 Å². The molecule has 0 aromatic carbocycles. The molecule has 0 saturated heterocycles. The van der Waals surface area contributed by atoms with E-state index in [1.807, 2.05) is 0 Å². The van der Waals surface area contributed by atoms with Crippen molar-refractivity contribution >= 4 is 11.9 Å². The Morgan fingerprint density at radius 2 is 2.13 bits per heavy atom. The van der Waals surface area contributed by atoms with Crippen LogP contribution in [0.25, 0.3) is 0 Å². The van der Waals surface area contributed by atoms with Gasteiger partial charge < -0.3 is 9.84 Å². The number of ether oxygens (including phenoxy) is 1. The van der Waals surface area contributed by atoms with Crippen molar-refractivity contribution in [2.75, 3.05) is 7.11 Å². The molecule has 0 radical (unpaired) electrons. The molecule has 0 aliphatic heterocycles. The maximum atomic E-state index is 11.3. The van der Waals surface area contributed by atoms with Crippen molar-refractivity contribution in [3.63, 3.8) is 0 Å². The molecule has 0 amide bonds. The van der Waals surface area contributed by atoms with E-state index >= 15 is 0 Å². The summed E-state index contributed by atoms with van der Waals surface area (Å²) >= 11 is 0. The predicted molar refractivity (Wildman–Crippen MR) is 54.3 cm³/mol. The first-order valence-electron chi connectivity index (χ1n) is 5.43. The van der Waals surface area contributed by atoms with Gasteiger partial charge in [-0.05, 0) is 25.2 Å². The second kappa shape index (κ2) is 5.73. The van der Waals surface area contributed by atoms with Gasteiger partial charge in [-0.3, -0.25) is 9.59 Å². The summed E-state index contributed by atoms with van der Waals surface area (Å²) in [7, 11) is 1.41. The van der Waals surface area contributed by atoms with Gasteiger partial charge in [0.25, 0.3) is 0 Å². The number of esters is 1. The molecule has 1 saturated carbocycles. The fourth-order valence-electron chi connectivity index (χ4n) is 2.26. The number of carbonyl (C=O) groups excluding carboxylic acids is 1. The largest absolute Gasteiger partial charge is 0.481 e. The molecule has 4 heteroatoms. The van der Waals surface area contributed by atoms with Crippen LogP contribution in [-0.4, -0.2) is 24.2 Å². The van der Waals surface area contributed by atoms with Gasteiger partial charge in [-0.25, -0.2) is 0 Å². The topological polar surface area (TPSA) is 63.6 Å². The summed E-state index contributed by atoms with van der Waals surface area (Å²) in [4.78, 5) is 21.7. The molecule has 1 aliphatic carbocycles.